The Morgan fingerprint density at radius 1 is 1.16 bits per heavy atom. The second-order valence-corrected chi connectivity index (χ2v) is 6.10. The Morgan fingerprint density at radius 2 is 1.88 bits per heavy atom. The molecule has 0 fully saturated rings. The smallest absolute Gasteiger partial charge is 0.193 e. The summed E-state index contributed by atoms with van der Waals surface area (Å²) in [7, 11) is 7.86. The van der Waals surface area contributed by atoms with Gasteiger partial charge >= 0.3 is 0 Å². The summed E-state index contributed by atoms with van der Waals surface area (Å²) in [5.74, 6) is 1.83. The van der Waals surface area contributed by atoms with Gasteiger partial charge in [0.1, 0.15) is 5.82 Å². The minimum absolute atomic E-state index is 0. The second kappa shape index (κ2) is 10.2. The summed E-state index contributed by atoms with van der Waals surface area (Å²) in [6.45, 7) is 3.68. The molecule has 0 bridgehead atoms. The topological polar surface area (TPSA) is 43.8 Å². The third kappa shape index (κ3) is 6.19. The predicted molar refractivity (Wildman–Crippen MR) is 117 cm³/mol. The molecule has 2 rings (SSSR count). The number of hydrogen-bond donors (Lipinski definition) is 1. The molecule has 25 heavy (non-hydrogen) atoms. The van der Waals surface area contributed by atoms with Crippen LogP contribution in [0.5, 0.6) is 0 Å². The molecule has 0 aliphatic carbocycles. The number of guanidine groups is 1. The van der Waals surface area contributed by atoms with E-state index in [9.17, 15) is 0 Å². The molecule has 2 aromatic rings. The number of aliphatic imine (C=N–C) groups is 1. The standard InChI is InChI=1S/C19H27N5.HI/c1-15-8-6-7-9-17(15)14-24(5)19(20-2)22-13-16-10-11-21-18(12-16)23(3)4;/h6-12H,13-14H2,1-5H3,(H,20,22);1H. The van der Waals surface area contributed by atoms with Crippen LogP contribution in [0.2, 0.25) is 0 Å². The van der Waals surface area contributed by atoms with Gasteiger partial charge in [-0.2, -0.15) is 0 Å². The SMILES string of the molecule is CN=C(NCc1ccnc(N(C)C)c1)N(C)Cc1ccccc1C.I. The van der Waals surface area contributed by atoms with Crippen LogP contribution < -0.4 is 10.2 Å². The Bertz CT molecular complexity index is 700. The monoisotopic (exact) mass is 453 g/mol. The molecule has 1 heterocycles. The van der Waals surface area contributed by atoms with Crippen molar-refractivity contribution < 1.29 is 0 Å². The van der Waals surface area contributed by atoms with Crippen LogP contribution in [0.25, 0.3) is 0 Å². The Hall–Kier alpha value is -1.83. The number of benzene rings is 1. The van der Waals surface area contributed by atoms with E-state index in [4.69, 9.17) is 0 Å². The number of nitrogens with one attached hydrogen (secondary N) is 1. The van der Waals surface area contributed by atoms with Crippen molar-refractivity contribution in [1.29, 1.82) is 0 Å². The summed E-state index contributed by atoms with van der Waals surface area (Å²) in [6, 6.07) is 12.5. The second-order valence-electron chi connectivity index (χ2n) is 6.10. The first-order valence-electron chi connectivity index (χ1n) is 8.10. The maximum atomic E-state index is 4.39. The molecule has 1 aromatic heterocycles. The van der Waals surface area contributed by atoms with Gasteiger partial charge in [-0.15, -0.1) is 24.0 Å². The lowest BCUT2D eigenvalue weighted by Gasteiger charge is -2.23. The molecule has 0 unspecified atom stereocenters. The van der Waals surface area contributed by atoms with Crippen LogP contribution in [-0.2, 0) is 13.1 Å². The van der Waals surface area contributed by atoms with Crippen LogP contribution in [0.4, 0.5) is 5.82 Å². The van der Waals surface area contributed by atoms with Gasteiger partial charge < -0.3 is 15.1 Å². The summed E-state index contributed by atoms with van der Waals surface area (Å²) in [5, 5.41) is 3.42. The van der Waals surface area contributed by atoms with E-state index in [1.807, 2.05) is 38.3 Å². The minimum atomic E-state index is 0. The van der Waals surface area contributed by atoms with Gasteiger partial charge in [0.15, 0.2) is 5.96 Å². The average molecular weight is 453 g/mol. The third-order valence-electron chi connectivity index (χ3n) is 3.96. The van der Waals surface area contributed by atoms with Crippen molar-refractivity contribution in [2.75, 3.05) is 33.1 Å². The highest BCUT2D eigenvalue weighted by atomic mass is 127. The van der Waals surface area contributed by atoms with E-state index in [1.54, 1.807) is 0 Å². The normalized spacial score (nSPS) is 10.8. The fourth-order valence-corrected chi connectivity index (χ4v) is 2.50. The number of hydrogen-bond acceptors (Lipinski definition) is 3. The molecule has 0 amide bonds. The summed E-state index contributed by atoms with van der Waals surface area (Å²) in [5.41, 5.74) is 3.78. The lowest BCUT2D eigenvalue weighted by molar-refractivity contribution is 0.475. The molecular formula is C19H28IN5. The number of nitrogens with zero attached hydrogens (tertiary/aromatic N) is 4. The summed E-state index contributed by atoms with van der Waals surface area (Å²) in [6.07, 6.45) is 1.84. The number of rotatable bonds is 5. The Kier molecular flexibility index (Phi) is 8.68. The largest absolute Gasteiger partial charge is 0.363 e. The molecule has 136 valence electrons. The van der Waals surface area contributed by atoms with Crippen LogP contribution in [0.15, 0.2) is 47.6 Å². The van der Waals surface area contributed by atoms with Gasteiger partial charge in [-0.25, -0.2) is 4.98 Å². The van der Waals surface area contributed by atoms with E-state index < -0.39 is 0 Å². The predicted octanol–water partition coefficient (Wildman–Crippen LogP) is 3.28. The number of aryl methyl sites for hydroxylation is 1. The summed E-state index contributed by atoms with van der Waals surface area (Å²) < 4.78 is 0. The summed E-state index contributed by atoms with van der Waals surface area (Å²) in [4.78, 5) is 12.9. The Balaban J connectivity index is 0.00000312. The maximum absolute atomic E-state index is 4.39. The molecule has 1 N–H and O–H groups in total. The highest BCUT2D eigenvalue weighted by Gasteiger charge is 2.08. The third-order valence-corrected chi connectivity index (χ3v) is 3.96. The molecule has 0 saturated carbocycles. The molecule has 5 nitrogen and oxygen atoms in total. The highest BCUT2D eigenvalue weighted by Crippen LogP contribution is 2.11. The van der Waals surface area contributed by atoms with E-state index in [2.05, 4.69) is 64.5 Å². The molecule has 1 aromatic carbocycles. The van der Waals surface area contributed by atoms with E-state index in [1.165, 1.54) is 16.7 Å². The van der Waals surface area contributed by atoms with E-state index >= 15 is 0 Å². The van der Waals surface area contributed by atoms with Crippen LogP contribution in [0.3, 0.4) is 0 Å². The van der Waals surface area contributed by atoms with Crippen molar-refractivity contribution in [2.45, 2.75) is 20.0 Å². The lowest BCUT2D eigenvalue weighted by atomic mass is 10.1. The molecule has 0 atom stereocenters. The van der Waals surface area contributed by atoms with Crippen molar-refractivity contribution in [2.24, 2.45) is 4.99 Å². The zero-order valence-corrected chi connectivity index (χ0v) is 18.0. The van der Waals surface area contributed by atoms with Crippen molar-refractivity contribution >= 4 is 35.8 Å². The average Bonchev–Trinajstić information content (AvgIpc) is 2.57. The van der Waals surface area contributed by atoms with Crippen LogP contribution in [-0.4, -0.2) is 44.0 Å². The van der Waals surface area contributed by atoms with Gasteiger partial charge in [0.2, 0.25) is 0 Å². The minimum Gasteiger partial charge on any atom is -0.363 e. The first kappa shape index (κ1) is 21.2. The fourth-order valence-electron chi connectivity index (χ4n) is 2.50. The Morgan fingerprint density at radius 3 is 2.52 bits per heavy atom. The molecule has 0 spiro atoms. The van der Waals surface area contributed by atoms with Gasteiger partial charge in [0.25, 0.3) is 0 Å². The van der Waals surface area contributed by atoms with Gasteiger partial charge in [-0.1, -0.05) is 24.3 Å². The van der Waals surface area contributed by atoms with Crippen molar-refractivity contribution in [3.05, 3.63) is 59.3 Å². The van der Waals surface area contributed by atoms with Crippen molar-refractivity contribution in [3.63, 3.8) is 0 Å². The quantitative estimate of drug-likeness (QED) is 0.429. The Labute approximate surface area is 168 Å². The van der Waals surface area contributed by atoms with E-state index in [0.29, 0.717) is 6.54 Å². The molecule has 0 saturated heterocycles. The fraction of sp³-hybridized carbons (Fsp3) is 0.368. The van der Waals surface area contributed by atoms with Crippen molar-refractivity contribution in [3.8, 4) is 0 Å². The van der Waals surface area contributed by atoms with Crippen molar-refractivity contribution in [1.82, 2.24) is 15.2 Å². The molecule has 0 aliphatic heterocycles. The molecule has 0 radical (unpaired) electrons. The van der Waals surface area contributed by atoms with Crippen LogP contribution in [0.1, 0.15) is 16.7 Å². The maximum Gasteiger partial charge on any atom is 0.193 e. The van der Waals surface area contributed by atoms with Gasteiger partial charge in [0.05, 0.1) is 0 Å². The zero-order chi connectivity index (χ0) is 17.5. The van der Waals surface area contributed by atoms with Gasteiger partial charge in [-0.05, 0) is 35.7 Å². The van der Waals surface area contributed by atoms with E-state index in [0.717, 1.165) is 18.3 Å². The highest BCUT2D eigenvalue weighted by molar-refractivity contribution is 14.0. The van der Waals surface area contributed by atoms with Crippen LogP contribution in [0, 0.1) is 6.92 Å². The van der Waals surface area contributed by atoms with E-state index in [-0.39, 0.29) is 24.0 Å². The summed E-state index contributed by atoms with van der Waals surface area (Å²) >= 11 is 0. The number of halogens is 1. The first-order chi connectivity index (χ1) is 11.5. The first-order valence-corrected chi connectivity index (χ1v) is 8.10. The molecular weight excluding hydrogens is 425 g/mol. The van der Waals surface area contributed by atoms with Crippen LogP contribution >= 0.6 is 24.0 Å². The number of anilines is 1. The number of pyridine rings is 1. The van der Waals surface area contributed by atoms with Gasteiger partial charge in [0, 0.05) is 47.5 Å². The van der Waals surface area contributed by atoms with Gasteiger partial charge in [-0.3, -0.25) is 4.99 Å². The molecule has 0 aliphatic rings. The number of aromatic nitrogens is 1. The molecule has 6 heteroatoms. The zero-order valence-electron chi connectivity index (χ0n) is 15.7. The lowest BCUT2D eigenvalue weighted by Crippen LogP contribution is -2.38.